The summed E-state index contributed by atoms with van der Waals surface area (Å²) in [4.78, 5) is 32.1. The molecule has 3 aliphatic rings. The Hall–Kier alpha value is -2.64. The first-order valence-electron chi connectivity index (χ1n) is 12.7. The van der Waals surface area contributed by atoms with Gasteiger partial charge in [-0.05, 0) is 62.6 Å². The van der Waals surface area contributed by atoms with Gasteiger partial charge in [-0.1, -0.05) is 35.4 Å². The molecule has 1 aromatic carbocycles. The summed E-state index contributed by atoms with van der Waals surface area (Å²) in [5, 5.41) is 3.80. The fraction of sp³-hybridized carbons (Fsp3) is 0.519. The van der Waals surface area contributed by atoms with Crippen LogP contribution in [0.5, 0.6) is 0 Å². The summed E-state index contributed by atoms with van der Waals surface area (Å²) in [5.41, 5.74) is 3.81. The Kier molecular flexibility index (Phi) is 7.54. The summed E-state index contributed by atoms with van der Waals surface area (Å²) in [6.45, 7) is 2.80. The molecule has 1 aromatic heterocycles. The van der Waals surface area contributed by atoms with E-state index in [1.807, 2.05) is 33.7 Å². The second-order valence-electron chi connectivity index (χ2n) is 9.76. The van der Waals surface area contributed by atoms with Crippen LogP contribution >= 0.6 is 11.6 Å². The molecule has 5 rings (SSSR count). The van der Waals surface area contributed by atoms with E-state index in [1.165, 1.54) is 31.3 Å². The molecule has 2 aromatic rings. The quantitative estimate of drug-likeness (QED) is 0.590. The molecule has 2 amide bonds. The molecule has 3 heterocycles. The fourth-order valence-corrected chi connectivity index (χ4v) is 5.43. The van der Waals surface area contributed by atoms with Crippen molar-refractivity contribution in [3.63, 3.8) is 0 Å². The molecular formula is C27H33ClN4O3. The van der Waals surface area contributed by atoms with Crippen molar-refractivity contribution in [3.05, 3.63) is 64.2 Å². The number of allylic oxidation sites excluding steroid dienone is 1. The minimum atomic E-state index is -0.0967. The van der Waals surface area contributed by atoms with Gasteiger partial charge < -0.3 is 19.5 Å². The number of amides is 2. The van der Waals surface area contributed by atoms with Crippen molar-refractivity contribution in [3.8, 4) is 0 Å². The molecule has 2 aliphatic heterocycles. The predicted molar refractivity (Wildman–Crippen MR) is 134 cm³/mol. The van der Waals surface area contributed by atoms with Crippen molar-refractivity contribution in [2.45, 2.75) is 64.2 Å². The summed E-state index contributed by atoms with van der Waals surface area (Å²) in [7, 11) is 0. The molecule has 1 N–H and O–H groups in total. The zero-order valence-electron chi connectivity index (χ0n) is 20.0. The maximum Gasteiger partial charge on any atom is 0.274 e. The normalized spacial score (nSPS) is 20.8. The lowest BCUT2D eigenvalue weighted by atomic mass is 9.95. The fourth-order valence-electron chi connectivity index (χ4n) is 5.30. The molecule has 0 unspecified atom stereocenters. The number of carbonyl (C=O) groups is 2. The average Bonchev–Trinajstić information content (AvgIpc) is 3.33. The molecule has 0 saturated carbocycles. The summed E-state index contributed by atoms with van der Waals surface area (Å²) < 4.78 is 8.08. The van der Waals surface area contributed by atoms with Crippen LogP contribution in [0.4, 0.5) is 0 Å². The predicted octanol–water partition coefficient (Wildman–Crippen LogP) is 4.67. The van der Waals surface area contributed by atoms with Gasteiger partial charge in [-0.25, -0.2) is 4.98 Å². The van der Waals surface area contributed by atoms with Crippen LogP contribution in [0, 0.1) is 5.92 Å². The molecule has 8 heteroatoms. The smallest absolute Gasteiger partial charge is 0.274 e. The van der Waals surface area contributed by atoms with Crippen molar-refractivity contribution < 1.29 is 14.3 Å². The molecular weight excluding hydrogens is 464 g/mol. The van der Waals surface area contributed by atoms with Crippen molar-refractivity contribution >= 4 is 23.4 Å². The summed E-state index contributed by atoms with van der Waals surface area (Å²) in [6, 6.07) is 7.65. The van der Waals surface area contributed by atoms with E-state index in [1.54, 1.807) is 6.33 Å². The highest BCUT2D eigenvalue weighted by molar-refractivity contribution is 6.30. The Labute approximate surface area is 211 Å². The van der Waals surface area contributed by atoms with Gasteiger partial charge in [-0.2, -0.15) is 0 Å². The zero-order valence-corrected chi connectivity index (χ0v) is 20.8. The molecule has 1 atom stereocenters. The van der Waals surface area contributed by atoms with E-state index in [4.69, 9.17) is 16.3 Å². The zero-order chi connectivity index (χ0) is 24.2. The van der Waals surface area contributed by atoms with Gasteiger partial charge in [-0.15, -0.1) is 0 Å². The van der Waals surface area contributed by atoms with Crippen LogP contribution < -0.4 is 5.32 Å². The van der Waals surface area contributed by atoms with Crippen LogP contribution in [-0.4, -0.2) is 45.9 Å². The Balaban J connectivity index is 1.12. The van der Waals surface area contributed by atoms with Crippen molar-refractivity contribution in [2.24, 2.45) is 5.92 Å². The SMILES string of the molecule is O=C(NCCC1=CCCCC1)C1CCN(C(=O)c2ncn3c2CO[C@H](c2ccc(Cl)cc2)C3)CC1. The first-order chi connectivity index (χ1) is 17.1. The number of hydrogen-bond acceptors (Lipinski definition) is 4. The molecule has 7 nitrogen and oxygen atoms in total. The number of ether oxygens (including phenoxy) is 1. The lowest BCUT2D eigenvalue weighted by molar-refractivity contribution is -0.126. The van der Waals surface area contributed by atoms with Crippen molar-refractivity contribution in [1.29, 1.82) is 0 Å². The van der Waals surface area contributed by atoms with Crippen molar-refractivity contribution in [1.82, 2.24) is 19.8 Å². The molecule has 1 saturated heterocycles. The number of halogens is 1. The third kappa shape index (κ3) is 5.62. The Morgan fingerprint density at radius 1 is 1.14 bits per heavy atom. The number of likely N-dealkylation sites (tertiary alicyclic amines) is 1. The lowest BCUT2D eigenvalue weighted by Crippen LogP contribution is -2.43. The van der Waals surface area contributed by atoms with Crippen LogP contribution in [0.2, 0.25) is 5.02 Å². The Morgan fingerprint density at radius 2 is 1.94 bits per heavy atom. The number of benzene rings is 1. The Bertz CT molecular complexity index is 1090. The highest BCUT2D eigenvalue weighted by atomic mass is 35.5. The molecule has 1 aliphatic carbocycles. The van der Waals surface area contributed by atoms with Crippen LogP contribution in [0.1, 0.15) is 72.8 Å². The van der Waals surface area contributed by atoms with Gasteiger partial charge in [0.15, 0.2) is 5.69 Å². The van der Waals surface area contributed by atoms with Crippen LogP contribution in [-0.2, 0) is 22.7 Å². The Morgan fingerprint density at radius 3 is 2.69 bits per heavy atom. The van der Waals surface area contributed by atoms with Gasteiger partial charge in [0.25, 0.3) is 5.91 Å². The van der Waals surface area contributed by atoms with Gasteiger partial charge in [0.1, 0.15) is 6.10 Å². The summed E-state index contributed by atoms with van der Waals surface area (Å²) in [6.07, 6.45) is 11.2. The third-order valence-electron chi connectivity index (χ3n) is 7.46. The number of fused-ring (bicyclic) bond motifs is 1. The first-order valence-corrected chi connectivity index (χ1v) is 13.1. The number of carbonyl (C=O) groups excluding carboxylic acids is 2. The number of nitrogens with zero attached hydrogens (tertiary/aromatic N) is 3. The molecule has 186 valence electrons. The lowest BCUT2D eigenvalue weighted by Gasteiger charge is -2.31. The van der Waals surface area contributed by atoms with Crippen LogP contribution in [0.25, 0.3) is 0 Å². The number of nitrogens with one attached hydrogen (secondary N) is 1. The van der Waals surface area contributed by atoms with Crippen molar-refractivity contribution in [2.75, 3.05) is 19.6 Å². The van der Waals surface area contributed by atoms with E-state index in [2.05, 4.69) is 16.4 Å². The first kappa shape index (κ1) is 24.1. The van der Waals surface area contributed by atoms with Crippen LogP contribution in [0.3, 0.4) is 0 Å². The molecule has 0 radical (unpaired) electrons. The van der Waals surface area contributed by atoms with Gasteiger partial charge in [0.05, 0.1) is 25.2 Å². The topological polar surface area (TPSA) is 76.5 Å². The van der Waals surface area contributed by atoms with E-state index in [0.717, 1.165) is 17.7 Å². The van der Waals surface area contributed by atoms with E-state index in [0.29, 0.717) is 56.3 Å². The summed E-state index contributed by atoms with van der Waals surface area (Å²) in [5.74, 6) is 0.0173. The number of rotatable bonds is 6. The van der Waals surface area contributed by atoms with E-state index in [9.17, 15) is 9.59 Å². The summed E-state index contributed by atoms with van der Waals surface area (Å²) >= 11 is 6.00. The molecule has 35 heavy (non-hydrogen) atoms. The van der Waals surface area contributed by atoms with E-state index < -0.39 is 0 Å². The van der Waals surface area contributed by atoms with E-state index >= 15 is 0 Å². The second-order valence-corrected chi connectivity index (χ2v) is 10.2. The number of hydrogen-bond donors (Lipinski definition) is 1. The van der Waals surface area contributed by atoms with Gasteiger partial charge in [0.2, 0.25) is 5.91 Å². The average molecular weight is 497 g/mol. The maximum atomic E-state index is 13.2. The number of piperidine rings is 1. The minimum absolute atomic E-state index is 0.0289. The standard InChI is InChI=1S/C27H33ClN4O3/c28-22-8-6-20(7-9-22)24-16-32-18-30-25(23(32)17-35-24)27(34)31-14-11-21(12-15-31)26(33)29-13-10-19-4-2-1-3-5-19/h4,6-9,18,21,24H,1-3,5,10-17H2,(H,29,33)/t24-/m0/s1. The largest absolute Gasteiger partial charge is 0.365 e. The van der Waals surface area contributed by atoms with Crippen LogP contribution in [0.15, 0.2) is 42.2 Å². The second kappa shape index (κ2) is 11.0. The monoisotopic (exact) mass is 496 g/mol. The number of aromatic nitrogens is 2. The number of imidazole rings is 1. The molecule has 1 fully saturated rings. The highest BCUT2D eigenvalue weighted by Gasteiger charge is 2.32. The van der Waals surface area contributed by atoms with Gasteiger partial charge >= 0.3 is 0 Å². The third-order valence-corrected chi connectivity index (χ3v) is 7.71. The highest BCUT2D eigenvalue weighted by Crippen LogP contribution is 2.29. The molecule has 0 spiro atoms. The van der Waals surface area contributed by atoms with E-state index in [-0.39, 0.29) is 23.8 Å². The van der Waals surface area contributed by atoms with Gasteiger partial charge in [0, 0.05) is 30.6 Å². The maximum absolute atomic E-state index is 13.2. The minimum Gasteiger partial charge on any atom is -0.365 e. The van der Waals surface area contributed by atoms with Gasteiger partial charge in [-0.3, -0.25) is 9.59 Å². The molecule has 0 bridgehead atoms.